The summed E-state index contributed by atoms with van der Waals surface area (Å²) < 4.78 is 74.2. The van der Waals surface area contributed by atoms with E-state index < -0.39 is 34.7 Å². The average Bonchev–Trinajstić information content (AvgIpc) is 3.11. The van der Waals surface area contributed by atoms with E-state index >= 15 is 0 Å². The summed E-state index contributed by atoms with van der Waals surface area (Å²) in [6.07, 6.45) is -4.01. The van der Waals surface area contributed by atoms with Crippen LogP contribution in [-0.2, 0) is 19.6 Å². The Balaban J connectivity index is 2.16. The minimum Gasteiger partial charge on any atom is -0.491 e. The van der Waals surface area contributed by atoms with Crippen LogP contribution < -0.4 is 10.1 Å². The zero-order valence-electron chi connectivity index (χ0n) is 15.6. The lowest BCUT2D eigenvalue weighted by atomic mass is 10.2. The number of halogens is 3. The predicted molar refractivity (Wildman–Crippen MR) is 94.5 cm³/mol. The fraction of sp³-hybridized carbons (Fsp3) is 0.588. The number of nitrogens with one attached hydrogen (secondary N) is 1. The largest absolute Gasteiger partial charge is 0.491 e. The number of benzene rings is 1. The van der Waals surface area contributed by atoms with Gasteiger partial charge in [0.2, 0.25) is 15.9 Å². The summed E-state index contributed by atoms with van der Waals surface area (Å²) in [7, 11) is -2.51. The third-order valence-electron chi connectivity index (χ3n) is 4.27. The summed E-state index contributed by atoms with van der Waals surface area (Å²) in [6, 6.07) is 3.12. The van der Waals surface area contributed by atoms with E-state index in [9.17, 15) is 26.4 Å². The summed E-state index contributed by atoms with van der Waals surface area (Å²) in [5, 5.41) is 1.77. The second-order valence-corrected chi connectivity index (χ2v) is 8.27. The molecule has 0 saturated carbocycles. The maximum Gasteiger partial charge on any atom is 0.405 e. The number of aryl methyl sites for hydroxylation is 1. The first-order valence-electron chi connectivity index (χ1n) is 8.65. The Morgan fingerprint density at radius 2 is 2.04 bits per heavy atom. The average molecular weight is 424 g/mol. The van der Waals surface area contributed by atoms with Crippen LogP contribution in [0, 0.1) is 6.92 Å². The van der Waals surface area contributed by atoms with Gasteiger partial charge in [-0.2, -0.15) is 17.5 Å². The van der Waals surface area contributed by atoms with Gasteiger partial charge in [0, 0.05) is 13.7 Å². The van der Waals surface area contributed by atoms with Crippen molar-refractivity contribution in [3.8, 4) is 5.75 Å². The number of hydrogen-bond donors (Lipinski definition) is 1. The Labute approximate surface area is 161 Å². The second kappa shape index (κ2) is 9.10. The molecule has 28 heavy (non-hydrogen) atoms. The Morgan fingerprint density at radius 3 is 2.64 bits per heavy atom. The molecule has 1 aromatic rings. The molecule has 1 saturated heterocycles. The molecular weight excluding hydrogens is 401 g/mol. The topological polar surface area (TPSA) is 84.9 Å². The summed E-state index contributed by atoms with van der Waals surface area (Å²) in [4.78, 5) is 12.1. The van der Waals surface area contributed by atoms with Gasteiger partial charge < -0.3 is 14.8 Å². The molecule has 0 bridgehead atoms. The number of sulfonamides is 1. The van der Waals surface area contributed by atoms with Crippen LogP contribution in [0.15, 0.2) is 23.1 Å². The Morgan fingerprint density at radius 1 is 1.32 bits per heavy atom. The van der Waals surface area contributed by atoms with Crippen LogP contribution in [0.5, 0.6) is 5.75 Å². The van der Waals surface area contributed by atoms with Gasteiger partial charge in [-0.15, -0.1) is 0 Å². The highest BCUT2D eigenvalue weighted by Gasteiger charge is 2.40. The Hall–Kier alpha value is -1.85. The minimum absolute atomic E-state index is 0.0420. The normalized spacial score (nSPS) is 18.2. The van der Waals surface area contributed by atoms with E-state index in [1.807, 2.05) is 0 Å². The van der Waals surface area contributed by atoms with E-state index in [-0.39, 0.29) is 17.9 Å². The molecule has 1 unspecified atom stereocenters. The van der Waals surface area contributed by atoms with Crippen LogP contribution in [0.1, 0.15) is 18.4 Å². The molecule has 0 aliphatic carbocycles. The SMILES string of the molecule is COCCOc1ccc(S(=O)(=O)N2CCCC2C(=O)NCC(F)(F)F)cc1C. The van der Waals surface area contributed by atoms with Gasteiger partial charge >= 0.3 is 6.18 Å². The van der Waals surface area contributed by atoms with E-state index in [1.165, 1.54) is 25.3 Å². The van der Waals surface area contributed by atoms with E-state index in [4.69, 9.17) is 9.47 Å². The summed E-state index contributed by atoms with van der Waals surface area (Å²) in [5.41, 5.74) is 0.578. The Kier molecular flexibility index (Phi) is 7.29. The lowest BCUT2D eigenvalue weighted by Crippen LogP contribution is -2.47. The van der Waals surface area contributed by atoms with Crippen LogP contribution in [0.2, 0.25) is 0 Å². The standard InChI is InChI=1S/C17H23F3N2O5S/c1-12-10-13(5-6-15(12)27-9-8-26-2)28(24,25)22-7-3-4-14(22)16(23)21-11-17(18,19)20/h5-6,10,14H,3-4,7-9,11H2,1-2H3,(H,21,23). The molecule has 11 heteroatoms. The molecule has 0 spiro atoms. The zero-order chi connectivity index (χ0) is 20.9. The zero-order valence-corrected chi connectivity index (χ0v) is 16.4. The van der Waals surface area contributed by atoms with Crippen molar-refractivity contribution in [1.29, 1.82) is 0 Å². The number of carbonyl (C=O) groups excluding carboxylic acids is 1. The molecule has 0 radical (unpaired) electrons. The van der Waals surface area contributed by atoms with Crippen molar-refractivity contribution < 1.29 is 35.9 Å². The lowest BCUT2D eigenvalue weighted by molar-refractivity contribution is -0.140. The van der Waals surface area contributed by atoms with Crippen molar-refractivity contribution in [2.75, 3.05) is 33.4 Å². The van der Waals surface area contributed by atoms with Crippen molar-refractivity contribution in [3.63, 3.8) is 0 Å². The van der Waals surface area contributed by atoms with Crippen LogP contribution in [0.4, 0.5) is 13.2 Å². The molecule has 1 aliphatic heterocycles. The predicted octanol–water partition coefficient (Wildman–Crippen LogP) is 1.85. The molecule has 158 valence electrons. The number of carbonyl (C=O) groups is 1. The quantitative estimate of drug-likeness (QED) is 0.644. The summed E-state index contributed by atoms with van der Waals surface area (Å²) in [5.74, 6) is -0.452. The summed E-state index contributed by atoms with van der Waals surface area (Å²) >= 11 is 0. The molecule has 1 amide bonds. The van der Waals surface area contributed by atoms with E-state index in [0.29, 0.717) is 30.9 Å². The molecular formula is C17H23F3N2O5S. The molecule has 0 aromatic heterocycles. The molecule has 1 heterocycles. The Bertz CT molecular complexity index is 798. The third kappa shape index (κ3) is 5.58. The van der Waals surface area contributed by atoms with Gasteiger partial charge in [-0.3, -0.25) is 4.79 Å². The van der Waals surface area contributed by atoms with Gasteiger partial charge in [0.1, 0.15) is 24.9 Å². The molecule has 2 rings (SSSR count). The number of hydrogen-bond acceptors (Lipinski definition) is 5. The van der Waals surface area contributed by atoms with E-state index in [2.05, 4.69) is 0 Å². The number of nitrogens with zero attached hydrogens (tertiary/aromatic N) is 1. The number of alkyl halides is 3. The molecule has 1 N–H and O–H groups in total. The highest BCUT2D eigenvalue weighted by atomic mass is 32.2. The second-order valence-electron chi connectivity index (χ2n) is 6.38. The van der Waals surface area contributed by atoms with Crippen LogP contribution >= 0.6 is 0 Å². The van der Waals surface area contributed by atoms with Crippen LogP contribution in [0.25, 0.3) is 0 Å². The number of amides is 1. The molecule has 1 fully saturated rings. The molecule has 7 nitrogen and oxygen atoms in total. The monoisotopic (exact) mass is 424 g/mol. The highest BCUT2D eigenvalue weighted by molar-refractivity contribution is 7.89. The van der Waals surface area contributed by atoms with Crippen molar-refractivity contribution >= 4 is 15.9 Å². The van der Waals surface area contributed by atoms with E-state index in [0.717, 1.165) is 4.31 Å². The van der Waals surface area contributed by atoms with Crippen molar-refractivity contribution in [3.05, 3.63) is 23.8 Å². The highest BCUT2D eigenvalue weighted by Crippen LogP contribution is 2.29. The van der Waals surface area contributed by atoms with Crippen molar-refractivity contribution in [2.45, 2.75) is 36.9 Å². The van der Waals surface area contributed by atoms with Crippen LogP contribution in [0.3, 0.4) is 0 Å². The maximum absolute atomic E-state index is 12.9. The maximum atomic E-state index is 12.9. The van der Waals surface area contributed by atoms with Crippen molar-refractivity contribution in [2.24, 2.45) is 0 Å². The first-order valence-corrected chi connectivity index (χ1v) is 10.1. The van der Waals surface area contributed by atoms with Gasteiger partial charge in [-0.1, -0.05) is 0 Å². The van der Waals surface area contributed by atoms with Gasteiger partial charge in [-0.25, -0.2) is 8.42 Å². The first kappa shape index (κ1) is 22.4. The van der Waals surface area contributed by atoms with Gasteiger partial charge in [-0.05, 0) is 43.5 Å². The minimum atomic E-state index is -4.56. The first-order chi connectivity index (χ1) is 13.1. The number of rotatable bonds is 8. The number of methoxy groups -OCH3 is 1. The third-order valence-corrected chi connectivity index (χ3v) is 6.17. The van der Waals surface area contributed by atoms with Gasteiger partial charge in [0.05, 0.1) is 11.5 Å². The van der Waals surface area contributed by atoms with Crippen molar-refractivity contribution in [1.82, 2.24) is 9.62 Å². The molecule has 1 aromatic carbocycles. The van der Waals surface area contributed by atoms with Crippen LogP contribution in [-0.4, -0.2) is 64.3 Å². The fourth-order valence-electron chi connectivity index (χ4n) is 2.91. The fourth-order valence-corrected chi connectivity index (χ4v) is 4.65. The molecule has 1 aliphatic rings. The van der Waals surface area contributed by atoms with E-state index in [1.54, 1.807) is 12.2 Å². The smallest absolute Gasteiger partial charge is 0.405 e. The lowest BCUT2D eigenvalue weighted by Gasteiger charge is -2.24. The molecule has 1 atom stereocenters. The number of ether oxygens (including phenoxy) is 2. The summed E-state index contributed by atoms with van der Waals surface area (Å²) in [6.45, 7) is 0.929. The van der Waals surface area contributed by atoms with Gasteiger partial charge in [0.25, 0.3) is 0 Å². The van der Waals surface area contributed by atoms with Gasteiger partial charge in [0.15, 0.2) is 0 Å².